The zero-order valence-electron chi connectivity index (χ0n) is 15.9. The van der Waals surface area contributed by atoms with Crippen LogP contribution in [-0.2, 0) is 4.79 Å². The number of halogens is 3. The summed E-state index contributed by atoms with van der Waals surface area (Å²) in [6.07, 6.45) is -3.89. The Kier molecular flexibility index (Phi) is 5.64. The number of alkyl halides is 3. The summed E-state index contributed by atoms with van der Waals surface area (Å²) in [6, 6.07) is 13.4. The molecule has 0 spiro atoms. The molecule has 0 saturated heterocycles. The zero-order chi connectivity index (χ0) is 21.9. The highest BCUT2D eigenvalue weighted by atomic mass is 19.4. The van der Waals surface area contributed by atoms with E-state index in [1.165, 1.54) is 49.6 Å². The van der Waals surface area contributed by atoms with E-state index in [0.29, 0.717) is 11.3 Å². The maximum Gasteiger partial charge on any atom is 0.442 e. The molecule has 2 amide bonds. The quantitative estimate of drug-likeness (QED) is 0.734. The van der Waals surface area contributed by atoms with Crippen molar-refractivity contribution >= 4 is 17.6 Å². The van der Waals surface area contributed by atoms with Gasteiger partial charge in [-0.05, 0) is 24.3 Å². The van der Waals surface area contributed by atoms with E-state index in [2.05, 4.69) is 11.6 Å². The standard InChI is InChI=1S/C21H18F3N3O3/c1-3-13-27-17(14-7-5-4-6-8-14)25-20(19(27)29,21(22,23)24)26-18(28)15-9-11-16(30-2)12-10-15/h3-12H,1,13H2,2H3,(H,26,28). The molecule has 3 rings (SSSR count). The lowest BCUT2D eigenvalue weighted by atomic mass is 10.1. The van der Waals surface area contributed by atoms with Gasteiger partial charge in [0.25, 0.3) is 11.8 Å². The van der Waals surface area contributed by atoms with Crippen molar-refractivity contribution in [2.75, 3.05) is 13.7 Å². The van der Waals surface area contributed by atoms with Gasteiger partial charge in [0, 0.05) is 17.7 Å². The van der Waals surface area contributed by atoms with Crippen molar-refractivity contribution in [2.45, 2.75) is 11.8 Å². The summed E-state index contributed by atoms with van der Waals surface area (Å²) in [5.74, 6) is -2.28. The van der Waals surface area contributed by atoms with Gasteiger partial charge in [0.05, 0.1) is 7.11 Å². The van der Waals surface area contributed by atoms with E-state index in [0.717, 1.165) is 4.90 Å². The molecule has 30 heavy (non-hydrogen) atoms. The molecule has 0 aromatic heterocycles. The summed E-state index contributed by atoms with van der Waals surface area (Å²) in [5.41, 5.74) is -3.22. The average molecular weight is 417 g/mol. The van der Waals surface area contributed by atoms with Crippen LogP contribution in [0.3, 0.4) is 0 Å². The van der Waals surface area contributed by atoms with Gasteiger partial charge in [-0.3, -0.25) is 14.5 Å². The Morgan fingerprint density at radius 2 is 1.83 bits per heavy atom. The van der Waals surface area contributed by atoms with Crippen LogP contribution in [0.25, 0.3) is 0 Å². The van der Waals surface area contributed by atoms with Crippen molar-refractivity contribution in [3.05, 3.63) is 78.4 Å². The number of aliphatic imine (C=N–C) groups is 1. The van der Waals surface area contributed by atoms with Crippen LogP contribution in [-0.4, -0.2) is 48.0 Å². The van der Waals surface area contributed by atoms with Gasteiger partial charge in [-0.25, -0.2) is 4.99 Å². The molecule has 0 radical (unpaired) electrons. The van der Waals surface area contributed by atoms with Crippen molar-refractivity contribution in [1.29, 1.82) is 0 Å². The Labute approximate surface area is 170 Å². The fourth-order valence-electron chi connectivity index (χ4n) is 2.98. The van der Waals surface area contributed by atoms with Gasteiger partial charge in [0.1, 0.15) is 11.6 Å². The van der Waals surface area contributed by atoms with Crippen LogP contribution in [0.2, 0.25) is 0 Å². The van der Waals surface area contributed by atoms with E-state index in [1.54, 1.807) is 23.5 Å². The van der Waals surface area contributed by atoms with E-state index >= 15 is 0 Å². The molecule has 1 N–H and O–H groups in total. The van der Waals surface area contributed by atoms with Crippen LogP contribution < -0.4 is 10.1 Å². The lowest BCUT2D eigenvalue weighted by Gasteiger charge is -2.28. The van der Waals surface area contributed by atoms with Crippen LogP contribution in [0.15, 0.2) is 72.2 Å². The zero-order valence-corrected chi connectivity index (χ0v) is 15.9. The third-order valence-corrected chi connectivity index (χ3v) is 4.48. The Balaban J connectivity index is 2.07. The molecule has 6 nitrogen and oxygen atoms in total. The summed E-state index contributed by atoms with van der Waals surface area (Å²) in [6.45, 7) is 3.29. The molecule has 1 unspecified atom stereocenters. The third-order valence-electron chi connectivity index (χ3n) is 4.48. The second-order valence-corrected chi connectivity index (χ2v) is 6.40. The maximum atomic E-state index is 14.1. The number of rotatable bonds is 6. The first-order valence-electron chi connectivity index (χ1n) is 8.85. The number of hydrogen-bond donors (Lipinski definition) is 1. The number of nitrogens with one attached hydrogen (secondary N) is 1. The second-order valence-electron chi connectivity index (χ2n) is 6.40. The van der Waals surface area contributed by atoms with Gasteiger partial charge in [-0.2, -0.15) is 13.2 Å². The molecule has 2 aromatic carbocycles. The summed E-state index contributed by atoms with van der Waals surface area (Å²) in [4.78, 5) is 30.1. The van der Waals surface area contributed by atoms with E-state index < -0.39 is 23.7 Å². The molecule has 156 valence electrons. The molecular weight excluding hydrogens is 399 g/mol. The lowest BCUT2D eigenvalue weighted by Crippen LogP contribution is -2.63. The van der Waals surface area contributed by atoms with Gasteiger partial charge >= 0.3 is 11.8 Å². The minimum atomic E-state index is -5.18. The number of amidine groups is 1. The summed E-state index contributed by atoms with van der Waals surface area (Å²) in [7, 11) is 1.42. The minimum Gasteiger partial charge on any atom is -0.497 e. The smallest absolute Gasteiger partial charge is 0.442 e. The molecule has 1 aliphatic rings. The van der Waals surface area contributed by atoms with Crippen LogP contribution in [0.4, 0.5) is 13.2 Å². The predicted molar refractivity (Wildman–Crippen MR) is 104 cm³/mol. The molecule has 1 heterocycles. The molecule has 0 saturated carbocycles. The van der Waals surface area contributed by atoms with Crippen LogP contribution in [0, 0.1) is 0 Å². The normalized spacial score (nSPS) is 18.7. The molecule has 0 fully saturated rings. The molecular formula is C21H18F3N3O3. The van der Waals surface area contributed by atoms with E-state index in [4.69, 9.17) is 4.74 Å². The van der Waals surface area contributed by atoms with Crippen molar-refractivity contribution in [2.24, 2.45) is 4.99 Å². The van der Waals surface area contributed by atoms with Crippen molar-refractivity contribution < 1.29 is 27.5 Å². The topological polar surface area (TPSA) is 71.0 Å². The lowest BCUT2D eigenvalue weighted by molar-refractivity contribution is -0.196. The van der Waals surface area contributed by atoms with Gasteiger partial charge in [-0.15, -0.1) is 6.58 Å². The highest BCUT2D eigenvalue weighted by Crippen LogP contribution is 2.38. The fraction of sp³-hybridized carbons (Fsp3) is 0.190. The number of benzene rings is 2. The molecule has 1 atom stereocenters. The highest BCUT2D eigenvalue weighted by Gasteiger charge is 2.67. The summed E-state index contributed by atoms with van der Waals surface area (Å²) in [5, 5.41) is 1.81. The van der Waals surface area contributed by atoms with Gasteiger partial charge in [0.15, 0.2) is 0 Å². The minimum absolute atomic E-state index is 0.0779. The number of nitrogens with zero attached hydrogens (tertiary/aromatic N) is 2. The van der Waals surface area contributed by atoms with Gasteiger partial charge in [-0.1, -0.05) is 36.4 Å². The Morgan fingerprint density at radius 3 is 2.37 bits per heavy atom. The first-order chi connectivity index (χ1) is 14.2. The SMILES string of the molecule is C=CCN1C(=O)C(NC(=O)c2ccc(OC)cc2)(C(F)(F)F)N=C1c1ccccc1. The van der Waals surface area contributed by atoms with Crippen LogP contribution in [0.5, 0.6) is 5.75 Å². The third kappa shape index (κ3) is 3.66. The average Bonchev–Trinajstić information content (AvgIpc) is 3.02. The maximum absolute atomic E-state index is 14.1. The van der Waals surface area contributed by atoms with E-state index in [-0.39, 0.29) is 17.9 Å². The van der Waals surface area contributed by atoms with Crippen LogP contribution in [0.1, 0.15) is 15.9 Å². The van der Waals surface area contributed by atoms with Crippen molar-refractivity contribution in [3.63, 3.8) is 0 Å². The molecule has 0 bridgehead atoms. The molecule has 1 aliphatic heterocycles. The number of carbonyl (C=O) groups is 2. The van der Waals surface area contributed by atoms with Crippen LogP contribution >= 0.6 is 0 Å². The predicted octanol–water partition coefficient (Wildman–Crippen LogP) is 3.16. The monoisotopic (exact) mass is 417 g/mol. The Morgan fingerprint density at radius 1 is 1.20 bits per heavy atom. The van der Waals surface area contributed by atoms with E-state index in [1.807, 2.05) is 0 Å². The number of carbonyl (C=O) groups excluding carboxylic acids is 2. The number of methoxy groups -OCH3 is 1. The summed E-state index contributed by atoms with van der Waals surface area (Å²) < 4.78 is 47.4. The van der Waals surface area contributed by atoms with Gasteiger partial charge in [0.2, 0.25) is 0 Å². The molecule has 2 aromatic rings. The number of ether oxygens (including phenoxy) is 1. The fourth-order valence-corrected chi connectivity index (χ4v) is 2.98. The summed E-state index contributed by atoms with van der Waals surface area (Å²) >= 11 is 0. The first-order valence-corrected chi connectivity index (χ1v) is 8.85. The van der Waals surface area contributed by atoms with Gasteiger partial charge < -0.3 is 10.1 Å². The van der Waals surface area contributed by atoms with E-state index in [9.17, 15) is 22.8 Å². The first kappa shape index (κ1) is 21.1. The Bertz CT molecular complexity index is 988. The molecule has 9 heteroatoms. The largest absolute Gasteiger partial charge is 0.497 e. The van der Waals surface area contributed by atoms with Crippen molar-refractivity contribution in [1.82, 2.24) is 10.2 Å². The Hall–Kier alpha value is -3.62. The number of hydrogen-bond acceptors (Lipinski definition) is 4. The second kappa shape index (κ2) is 8.02. The highest BCUT2D eigenvalue weighted by molar-refractivity contribution is 6.16. The molecule has 0 aliphatic carbocycles. The number of amides is 2. The van der Waals surface area contributed by atoms with Crippen molar-refractivity contribution in [3.8, 4) is 5.75 Å².